The van der Waals surface area contributed by atoms with Gasteiger partial charge in [-0.05, 0) is 19.3 Å². The number of nitrogens with zero attached hydrogens (tertiary/aromatic N) is 3. The van der Waals surface area contributed by atoms with Crippen LogP contribution in [0.3, 0.4) is 0 Å². The van der Waals surface area contributed by atoms with Gasteiger partial charge in [0.25, 0.3) is 0 Å². The second kappa shape index (κ2) is 4.59. The Hall–Kier alpha value is -1.59. The van der Waals surface area contributed by atoms with E-state index >= 15 is 0 Å². The zero-order valence-corrected chi connectivity index (χ0v) is 10.6. The van der Waals surface area contributed by atoms with Gasteiger partial charge in [-0.3, -0.25) is 4.79 Å². The molecule has 0 spiro atoms. The molecule has 1 aliphatic heterocycles. The number of rotatable bonds is 4. The van der Waals surface area contributed by atoms with Crippen LogP contribution >= 0.6 is 0 Å². The first kappa shape index (κ1) is 11.5. The van der Waals surface area contributed by atoms with Crippen LogP contribution in [0.5, 0.6) is 0 Å². The van der Waals surface area contributed by atoms with Crippen LogP contribution in [0.25, 0.3) is 0 Å². The molecule has 1 atom stereocenters. The molecule has 6 heteroatoms. The van der Waals surface area contributed by atoms with Crippen LogP contribution in [0.1, 0.15) is 44.3 Å². The Morgan fingerprint density at radius 2 is 2.33 bits per heavy atom. The third-order valence-corrected chi connectivity index (χ3v) is 3.56. The molecule has 0 aromatic carbocycles. The lowest BCUT2D eigenvalue weighted by Crippen LogP contribution is -2.30. The van der Waals surface area contributed by atoms with E-state index in [1.165, 1.54) is 12.8 Å². The topological polar surface area (TPSA) is 71.3 Å². The average Bonchev–Trinajstić information content (AvgIpc) is 2.96. The normalized spacial score (nSPS) is 23.4. The summed E-state index contributed by atoms with van der Waals surface area (Å²) in [5, 5.41) is 7.18. The van der Waals surface area contributed by atoms with Crippen molar-refractivity contribution >= 4 is 11.9 Å². The van der Waals surface area contributed by atoms with E-state index in [-0.39, 0.29) is 11.9 Å². The first-order chi connectivity index (χ1) is 8.76. The van der Waals surface area contributed by atoms with E-state index in [9.17, 15) is 4.79 Å². The molecular formula is C12H18N4O2. The van der Waals surface area contributed by atoms with Crippen LogP contribution in [-0.2, 0) is 4.79 Å². The molecule has 1 amide bonds. The maximum Gasteiger partial charge on any atom is 0.321 e. The van der Waals surface area contributed by atoms with Gasteiger partial charge in [0.15, 0.2) is 5.82 Å². The Bertz CT molecular complexity index is 441. The zero-order valence-electron chi connectivity index (χ0n) is 10.6. The molecule has 0 bridgehead atoms. The molecule has 6 nitrogen and oxygen atoms in total. The molecule has 2 aliphatic rings. The van der Waals surface area contributed by atoms with E-state index in [1.54, 1.807) is 0 Å². The molecule has 2 fully saturated rings. The fourth-order valence-corrected chi connectivity index (χ4v) is 2.30. The molecular weight excluding hydrogens is 232 g/mol. The van der Waals surface area contributed by atoms with Crippen molar-refractivity contribution in [1.29, 1.82) is 0 Å². The second-order valence-corrected chi connectivity index (χ2v) is 5.06. The number of nitrogens with one attached hydrogen (secondary N) is 1. The standard InChI is InChI=1S/C12H18N4O2/c1-2-10(17)16-6-5-9(7-16)13-12-14-11(15-18-12)8-3-4-8/h8-9H,2-7H2,1H3,(H,13,14,15)/t9-/m1/s1. The minimum absolute atomic E-state index is 0.212. The van der Waals surface area contributed by atoms with Crippen molar-refractivity contribution in [2.75, 3.05) is 18.4 Å². The summed E-state index contributed by atoms with van der Waals surface area (Å²) in [6, 6.07) is 0.723. The van der Waals surface area contributed by atoms with Gasteiger partial charge in [-0.15, -0.1) is 0 Å². The van der Waals surface area contributed by atoms with Crippen molar-refractivity contribution < 1.29 is 9.32 Å². The predicted octanol–water partition coefficient (Wildman–Crippen LogP) is 1.37. The van der Waals surface area contributed by atoms with Crippen molar-refractivity contribution in [2.24, 2.45) is 0 Å². The van der Waals surface area contributed by atoms with Gasteiger partial charge in [0.1, 0.15) is 0 Å². The minimum Gasteiger partial charge on any atom is -0.341 e. The Morgan fingerprint density at radius 3 is 3.06 bits per heavy atom. The van der Waals surface area contributed by atoms with Crippen LogP contribution in [-0.4, -0.2) is 40.1 Å². The number of carbonyl (C=O) groups is 1. The van der Waals surface area contributed by atoms with Gasteiger partial charge < -0.3 is 14.7 Å². The maximum absolute atomic E-state index is 11.6. The van der Waals surface area contributed by atoms with Gasteiger partial charge in [-0.2, -0.15) is 4.98 Å². The largest absolute Gasteiger partial charge is 0.341 e. The molecule has 98 valence electrons. The van der Waals surface area contributed by atoms with Gasteiger partial charge in [-0.1, -0.05) is 12.1 Å². The summed E-state index contributed by atoms with van der Waals surface area (Å²) in [6.45, 7) is 3.44. The Labute approximate surface area is 106 Å². The molecule has 0 unspecified atom stereocenters. The van der Waals surface area contributed by atoms with Gasteiger partial charge in [0.05, 0.1) is 0 Å². The Morgan fingerprint density at radius 1 is 1.50 bits per heavy atom. The molecule has 1 aromatic rings. The van der Waals surface area contributed by atoms with E-state index in [0.717, 1.165) is 25.3 Å². The molecule has 1 N–H and O–H groups in total. The van der Waals surface area contributed by atoms with Gasteiger partial charge in [0.2, 0.25) is 5.91 Å². The average molecular weight is 250 g/mol. The molecule has 1 aromatic heterocycles. The molecule has 18 heavy (non-hydrogen) atoms. The summed E-state index contributed by atoms with van der Waals surface area (Å²) in [6.07, 6.45) is 3.84. The number of carbonyl (C=O) groups excluding carboxylic acids is 1. The zero-order chi connectivity index (χ0) is 12.5. The fourth-order valence-electron chi connectivity index (χ4n) is 2.30. The first-order valence-electron chi connectivity index (χ1n) is 6.64. The van der Waals surface area contributed by atoms with Crippen LogP contribution < -0.4 is 5.32 Å². The number of amides is 1. The summed E-state index contributed by atoms with van der Waals surface area (Å²) in [5.41, 5.74) is 0. The Kier molecular flexibility index (Phi) is 2.93. The van der Waals surface area contributed by atoms with E-state index in [4.69, 9.17) is 4.52 Å². The first-order valence-corrected chi connectivity index (χ1v) is 6.64. The number of hydrogen-bond donors (Lipinski definition) is 1. The highest BCUT2D eigenvalue weighted by atomic mass is 16.5. The minimum atomic E-state index is 0.212. The molecule has 2 heterocycles. The van der Waals surface area contributed by atoms with Crippen molar-refractivity contribution in [3.05, 3.63) is 5.82 Å². The van der Waals surface area contributed by atoms with E-state index in [2.05, 4.69) is 15.5 Å². The number of anilines is 1. The lowest BCUT2D eigenvalue weighted by Gasteiger charge is -2.15. The number of likely N-dealkylation sites (tertiary alicyclic amines) is 1. The predicted molar refractivity (Wildman–Crippen MR) is 65.2 cm³/mol. The van der Waals surface area contributed by atoms with Gasteiger partial charge >= 0.3 is 6.01 Å². The van der Waals surface area contributed by atoms with Crippen LogP contribution in [0.15, 0.2) is 4.52 Å². The fraction of sp³-hybridized carbons (Fsp3) is 0.750. The number of aromatic nitrogens is 2. The van der Waals surface area contributed by atoms with Crippen molar-refractivity contribution in [1.82, 2.24) is 15.0 Å². The highest BCUT2D eigenvalue weighted by Crippen LogP contribution is 2.38. The van der Waals surface area contributed by atoms with Gasteiger partial charge in [0, 0.05) is 31.5 Å². The molecule has 0 radical (unpaired) electrons. The van der Waals surface area contributed by atoms with Crippen LogP contribution in [0, 0.1) is 0 Å². The second-order valence-electron chi connectivity index (χ2n) is 5.06. The lowest BCUT2D eigenvalue weighted by molar-refractivity contribution is -0.129. The maximum atomic E-state index is 11.6. The summed E-state index contributed by atoms with van der Waals surface area (Å²) in [7, 11) is 0. The molecule has 3 rings (SSSR count). The van der Waals surface area contributed by atoms with Crippen molar-refractivity contribution in [3.63, 3.8) is 0 Å². The monoisotopic (exact) mass is 250 g/mol. The van der Waals surface area contributed by atoms with Crippen LogP contribution in [0.2, 0.25) is 0 Å². The SMILES string of the molecule is CCC(=O)N1CC[C@@H](Nc2nc(C3CC3)no2)C1. The smallest absolute Gasteiger partial charge is 0.321 e. The lowest BCUT2D eigenvalue weighted by atomic mass is 10.3. The third kappa shape index (κ3) is 2.32. The summed E-state index contributed by atoms with van der Waals surface area (Å²) in [4.78, 5) is 17.8. The summed E-state index contributed by atoms with van der Waals surface area (Å²) >= 11 is 0. The third-order valence-electron chi connectivity index (χ3n) is 3.56. The van der Waals surface area contributed by atoms with Crippen molar-refractivity contribution in [3.8, 4) is 0 Å². The molecule has 1 saturated carbocycles. The molecule has 1 aliphatic carbocycles. The molecule has 1 saturated heterocycles. The van der Waals surface area contributed by atoms with Gasteiger partial charge in [-0.25, -0.2) is 0 Å². The Balaban J connectivity index is 1.55. The van der Waals surface area contributed by atoms with E-state index in [1.807, 2.05) is 11.8 Å². The summed E-state index contributed by atoms with van der Waals surface area (Å²) < 4.78 is 5.17. The van der Waals surface area contributed by atoms with E-state index in [0.29, 0.717) is 18.4 Å². The highest BCUT2D eigenvalue weighted by Gasteiger charge is 2.30. The quantitative estimate of drug-likeness (QED) is 0.873. The van der Waals surface area contributed by atoms with E-state index < -0.39 is 0 Å². The highest BCUT2D eigenvalue weighted by molar-refractivity contribution is 5.76. The van der Waals surface area contributed by atoms with Crippen molar-refractivity contribution in [2.45, 2.75) is 44.6 Å². The number of hydrogen-bond acceptors (Lipinski definition) is 5. The summed E-state index contributed by atoms with van der Waals surface area (Å²) in [5.74, 6) is 1.53. The van der Waals surface area contributed by atoms with Crippen LogP contribution in [0.4, 0.5) is 6.01 Å².